The van der Waals surface area contributed by atoms with Crippen LogP contribution in [-0.4, -0.2) is 16.0 Å². The quantitative estimate of drug-likeness (QED) is 0.724. The number of thioether (sulfide) groups is 1. The number of hydrogen-bond acceptors (Lipinski definition) is 5. The maximum absolute atomic E-state index is 11.0. The molecule has 0 amide bonds. The molecule has 0 radical (unpaired) electrons. The molecule has 0 bridgehead atoms. The Hall–Kier alpha value is -0.970. The monoisotopic (exact) mass is 172 g/mol. The number of carbonyl (C=O) groups is 1. The van der Waals surface area contributed by atoms with E-state index in [1.165, 1.54) is 17.8 Å². The van der Waals surface area contributed by atoms with Gasteiger partial charge in [-0.1, -0.05) is 23.8 Å². The van der Waals surface area contributed by atoms with Crippen molar-refractivity contribution in [3.63, 3.8) is 0 Å². The smallest absolute Gasteiger partial charge is 0.241 e. The summed E-state index contributed by atoms with van der Waals surface area (Å²) in [6.45, 7) is 1.89. The van der Waals surface area contributed by atoms with Gasteiger partial charge in [0.2, 0.25) is 11.0 Å². The van der Waals surface area contributed by atoms with E-state index in [4.69, 9.17) is 5.73 Å². The molecule has 2 N–H and O–H groups in total. The van der Waals surface area contributed by atoms with E-state index in [1.54, 1.807) is 0 Å². The second-order valence-electron chi connectivity index (χ2n) is 1.83. The summed E-state index contributed by atoms with van der Waals surface area (Å²) < 4.78 is 4.53. The van der Waals surface area contributed by atoms with Gasteiger partial charge in [-0.25, -0.2) is 0 Å². The summed E-state index contributed by atoms with van der Waals surface area (Å²) in [5.41, 5.74) is 5.51. The number of carbonyl (C=O) groups excluding carboxylic acids is 1. The first-order valence-corrected chi connectivity index (χ1v) is 4.12. The number of nitrogens with zero attached hydrogens (tertiary/aromatic N) is 1. The molecule has 1 heterocycles. The van der Waals surface area contributed by atoms with Gasteiger partial charge >= 0.3 is 0 Å². The number of rotatable bonds is 2. The predicted molar refractivity (Wildman–Crippen MR) is 43.4 cm³/mol. The fourth-order valence-electron chi connectivity index (χ4n) is 0.591. The van der Waals surface area contributed by atoms with E-state index in [9.17, 15) is 4.79 Å². The Balaban J connectivity index is 2.69. The summed E-state index contributed by atoms with van der Waals surface area (Å²) in [5, 5.41) is 3.36. The molecular formula is C6H8N2O2S. The maximum Gasteiger partial charge on any atom is 0.241 e. The molecule has 0 atom stereocenters. The summed E-state index contributed by atoms with van der Waals surface area (Å²) in [7, 11) is 0. The van der Waals surface area contributed by atoms with Crippen LogP contribution >= 0.6 is 11.8 Å². The van der Waals surface area contributed by atoms with E-state index in [-0.39, 0.29) is 16.7 Å². The first-order chi connectivity index (χ1) is 5.24. The number of hydrogen-bond donors (Lipinski definition) is 1. The minimum absolute atomic E-state index is 0.104. The molecule has 4 nitrogen and oxygen atoms in total. The van der Waals surface area contributed by atoms with Gasteiger partial charge in [0.1, 0.15) is 0 Å². The van der Waals surface area contributed by atoms with E-state index >= 15 is 0 Å². The van der Waals surface area contributed by atoms with Crippen molar-refractivity contribution in [1.82, 2.24) is 5.16 Å². The van der Waals surface area contributed by atoms with Gasteiger partial charge < -0.3 is 10.3 Å². The van der Waals surface area contributed by atoms with Crippen molar-refractivity contribution in [2.75, 3.05) is 11.5 Å². The molecule has 11 heavy (non-hydrogen) atoms. The average Bonchev–Trinajstić information content (AvgIpc) is 2.36. The highest BCUT2D eigenvalue weighted by Gasteiger charge is 2.09. The van der Waals surface area contributed by atoms with Gasteiger partial charge in [-0.2, -0.15) is 0 Å². The Bertz CT molecular complexity index is 259. The SMILES string of the molecule is CCSC(=O)c1cc(N)on1. The number of anilines is 1. The molecule has 0 saturated heterocycles. The van der Waals surface area contributed by atoms with Gasteiger partial charge in [0.15, 0.2) is 5.69 Å². The molecule has 0 saturated carbocycles. The van der Waals surface area contributed by atoms with Crippen LogP contribution in [-0.2, 0) is 0 Å². The van der Waals surface area contributed by atoms with Crippen LogP contribution in [0, 0.1) is 0 Å². The molecule has 0 aliphatic carbocycles. The Morgan fingerprint density at radius 3 is 3.09 bits per heavy atom. The fourth-order valence-corrected chi connectivity index (χ4v) is 1.10. The summed E-state index contributed by atoms with van der Waals surface area (Å²) in [4.78, 5) is 11.0. The highest BCUT2D eigenvalue weighted by Crippen LogP contribution is 2.12. The summed E-state index contributed by atoms with van der Waals surface area (Å²) in [6.07, 6.45) is 0. The molecule has 1 aromatic heterocycles. The maximum atomic E-state index is 11.0. The highest BCUT2D eigenvalue weighted by atomic mass is 32.2. The molecule has 1 aromatic rings. The first-order valence-electron chi connectivity index (χ1n) is 3.13. The Morgan fingerprint density at radius 1 is 1.91 bits per heavy atom. The zero-order chi connectivity index (χ0) is 8.27. The Morgan fingerprint density at radius 2 is 2.64 bits per heavy atom. The van der Waals surface area contributed by atoms with E-state index < -0.39 is 0 Å². The van der Waals surface area contributed by atoms with Crippen molar-refractivity contribution >= 4 is 22.8 Å². The lowest BCUT2D eigenvalue weighted by Crippen LogP contribution is -1.92. The minimum Gasteiger partial charge on any atom is -0.368 e. The largest absolute Gasteiger partial charge is 0.368 e. The van der Waals surface area contributed by atoms with Crippen molar-refractivity contribution in [3.05, 3.63) is 11.8 Å². The molecule has 5 heteroatoms. The molecule has 0 aliphatic rings. The third-order valence-electron chi connectivity index (χ3n) is 1.01. The zero-order valence-corrected chi connectivity index (χ0v) is 6.85. The lowest BCUT2D eigenvalue weighted by Gasteiger charge is -1.88. The number of aromatic nitrogens is 1. The van der Waals surface area contributed by atoms with Gasteiger partial charge in [-0.15, -0.1) is 0 Å². The zero-order valence-electron chi connectivity index (χ0n) is 6.03. The molecule has 0 unspecified atom stereocenters. The molecule has 60 valence electrons. The topological polar surface area (TPSA) is 69.1 Å². The normalized spacial score (nSPS) is 9.91. The fraction of sp³-hybridized carbons (Fsp3) is 0.333. The van der Waals surface area contributed by atoms with E-state index in [1.807, 2.05) is 6.92 Å². The van der Waals surface area contributed by atoms with Crippen molar-refractivity contribution in [3.8, 4) is 0 Å². The Kier molecular flexibility index (Phi) is 2.53. The molecule has 0 spiro atoms. The predicted octanol–water partition coefficient (Wildman–Crippen LogP) is 1.15. The van der Waals surface area contributed by atoms with Gasteiger partial charge in [0.25, 0.3) is 0 Å². The van der Waals surface area contributed by atoms with E-state index in [0.29, 0.717) is 0 Å². The molecule has 0 aromatic carbocycles. The third kappa shape index (κ3) is 1.98. The van der Waals surface area contributed by atoms with Crippen molar-refractivity contribution in [2.45, 2.75) is 6.92 Å². The van der Waals surface area contributed by atoms with Gasteiger partial charge in [0.05, 0.1) is 0 Å². The molecule has 1 rings (SSSR count). The van der Waals surface area contributed by atoms with Crippen LogP contribution in [0.15, 0.2) is 10.6 Å². The summed E-state index contributed by atoms with van der Waals surface area (Å²) >= 11 is 1.18. The van der Waals surface area contributed by atoms with Gasteiger partial charge in [-0.05, 0) is 5.75 Å². The summed E-state index contributed by atoms with van der Waals surface area (Å²) in [6, 6.07) is 1.42. The second kappa shape index (κ2) is 3.43. The van der Waals surface area contributed by atoms with Crippen molar-refractivity contribution in [1.29, 1.82) is 0 Å². The van der Waals surface area contributed by atoms with Gasteiger partial charge in [-0.3, -0.25) is 4.79 Å². The van der Waals surface area contributed by atoms with Crippen LogP contribution in [0.3, 0.4) is 0 Å². The second-order valence-corrected chi connectivity index (χ2v) is 3.07. The highest BCUT2D eigenvalue weighted by molar-refractivity contribution is 8.14. The molecule has 0 aliphatic heterocycles. The van der Waals surface area contributed by atoms with Crippen LogP contribution in [0.5, 0.6) is 0 Å². The van der Waals surface area contributed by atoms with Crippen molar-refractivity contribution in [2.24, 2.45) is 0 Å². The van der Waals surface area contributed by atoms with E-state index in [2.05, 4.69) is 9.68 Å². The lowest BCUT2D eigenvalue weighted by molar-refractivity contribution is 0.108. The molecular weight excluding hydrogens is 164 g/mol. The molecule has 0 fully saturated rings. The Labute approximate surface area is 68.1 Å². The van der Waals surface area contributed by atoms with Crippen LogP contribution in [0.1, 0.15) is 17.4 Å². The van der Waals surface area contributed by atoms with Crippen LogP contribution in [0.2, 0.25) is 0 Å². The van der Waals surface area contributed by atoms with Crippen molar-refractivity contribution < 1.29 is 9.32 Å². The lowest BCUT2D eigenvalue weighted by atomic mass is 10.5. The first kappa shape index (κ1) is 8.13. The average molecular weight is 172 g/mol. The number of nitrogen functional groups attached to an aromatic ring is 1. The van der Waals surface area contributed by atoms with Crippen LogP contribution in [0.4, 0.5) is 5.88 Å². The van der Waals surface area contributed by atoms with Gasteiger partial charge in [0, 0.05) is 6.07 Å². The number of nitrogens with two attached hydrogens (primary N) is 1. The third-order valence-corrected chi connectivity index (χ3v) is 1.77. The van der Waals surface area contributed by atoms with E-state index in [0.717, 1.165) is 5.75 Å². The van der Waals surface area contributed by atoms with Crippen LogP contribution in [0.25, 0.3) is 0 Å². The standard InChI is InChI=1S/C6H8N2O2S/c1-2-11-6(9)4-3-5(7)10-8-4/h3H,2,7H2,1H3. The van der Waals surface area contributed by atoms with Crippen LogP contribution < -0.4 is 5.73 Å². The minimum atomic E-state index is -0.104. The summed E-state index contributed by atoms with van der Waals surface area (Å²) in [5.74, 6) is 0.899.